The van der Waals surface area contributed by atoms with Gasteiger partial charge in [0.15, 0.2) is 0 Å². The molecule has 0 aliphatic rings. The second-order valence-electron chi connectivity index (χ2n) is 5.05. The normalized spacial score (nSPS) is 11.6. The number of benzene rings is 1. The van der Waals surface area contributed by atoms with Crippen molar-refractivity contribution in [3.05, 3.63) is 52.3 Å². The van der Waals surface area contributed by atoms with Crippen LogP contribution in [-0.2, 0) is 4.79 Å². The fourth-order valence-corrected chi connectivity index (χ4v) is 2.94. The van der Waals surface area contributed by atoms with E-state index in [1.54, 1.807) is 13.0 Å². The largest absolute Gasteiger partial charge is 0.495 e. The first kappa shape index (κ1) is 17.7. The summed E-state index contributed by atoms with van der Waals surface area (Å²) in [5, 5.41) is 13.3. The Kier molecular flexibility index (Phi) is 5.75. The average Bonchev–Trinajstić information content (AvgIpc) is 2.55. The van der Waals surface area contributed by atoms with E-state index < -0.39 is 10.2 Å². The highest BCUT2D eigenvalue weighted by atomic mass is 32.2. The molecule has 1 amide bonds. The summed E-state index contributed by atoms with van der Waals surface area (Å²) in [7, 11) is 1.53. The number of hydrogen-bond donors (Lipinski definition) is 1. The van der Waals surface area contributed by atoms with E-state index in [-0.39, 0.29) is 11.6 Å². The van der Waals surface area contributed by atoms with E-state index in [2.05, 4.69) is 10.3 Å². The predicted molar refractivity (Wildman–Crippen MR) is 92.6 cm³/mol. The van der Waals surface area contributed by atoms with Gasteiger partial charge in [0.25, 0.3) is 0 Å². The second-order valence-corrected chi connectivity index (χ2v) is 6.44. The molecule has 1 N–H and O–H groups in total. The Balaban J connectivity index is 2.14. The van der Waals surface area contributed by atoms with Crippen LogP contribution in [0.3, 0.4) is 0 Å². The number of pyridine rings is 1. The van der Waals surface area contributed by atoms with Gasteiger partial charge in [0.1, 0.15) is 11.9 Å². The summed E-state index contributed by atoms with van der Waals surface area (Å²) in [6.45, 7) is 3.60. The fourth-order valence-electron chi connectivity index (χ4n) is 2.01. The van der Waals surface area contributed by atoms with Gasteiger partial charge >= 0.3 is 5.69 Å². The van der Waals surface area contributed by atoms with Crippen molar-refractivity contribution in [2.24, 2.45) is 0 Å². The highest BCUT2D eigenvalue weighted by Crippen LogP contribution is 2.32. The molecule has 1 aromatic heterocycles. The van der Waals surface area contributed by atoms with Crippen LogP contribution in [0.25, 0.3) is 0 Å². The van der Waals surface area contributed by atoms with Crippen molar-refractivity contribution < 1.29 is 14.5 Å². The minimum Gasteiger partial charge on any atom is -0.495 e. The lowest BCUT2D eigenvalue weighted by atomic mass is 10.2. The van der Waals surface area contributed by atoms with Crippen molar-refractivity contribution in [3.8, 4) is 5.75 Å². The van der Waals surface area contributed by atoms with Gasteiger partial charge in [-0.05, 0) is 37.6 Å². The average molecular weight is 347 g/mol. The lowest BCUT2D eigenvalue weighted by Crippen LogP contribution is -2.22. The van der Waals surface area contributed by atoms with E-state index in [9.17, 15) is 14.9 Å². The number of nitrogens with one attached hydrogen (secondary N) is 1. The first-order valence-electron chi connectivity index (χ1n) is 7.13. The van der Waals surface area contributed by atoms with Gasteiger partial charge < -0.3 is 10.1 Å². The highest BCUT2D eigenvalue weighted by molar-refractivity contribution is 8.00. The first-order chi connectivity index (χ1) is 11.4. The number of amides is 1. The molecule has 0 spiro atoms. The zero-order valence-corrected chi connectivity index (χ0v) is 14.3. The maximum absolute atomic E-state index is 12.4. The SMILES string of the molecule is COc1ccc(C)cc1NC(=O)C(C)Sc1ccncc1[N+](=O)[O-]. The first-order valence-corrected chi connectivity index (χ1v) is 8.01. The zero-order valence-electron chi connectivity index (χ0n) is 13.5. The number of aryl methyl sites for hydroxylation is 1. The minimum absolute atomic E-state index is 0.115. The van der Waals surface area contributed by atoms with Crippen LogP contribution in [0, 0.1) is 17.0 Å². The monoisotopic (exact) mass is 347 g/mol. The number of ether oxygens (including phenoxy) is 1. The topological polar surface area (TPSA) is 94.4 Å². The maximum atomic E-state index is 12.4. The molecule has 1 aromatic carbocycles. The standard InChI is InChI=1S/C16H17N3O4S/c1-10-4-5-14(23-3)12(8-10)18-16(20)11(2)24-15-6-7-17-9-13(15)19(21)22/h4-9,11H,1-3H3,(H,18,20). The molecule has 8 heteroatoms. The molecule has 7 nitrogen and oxygen atoms in total. The van der Waals surface area contributed by atoms with Gasteiger partial charge in [-0.2, -0.15) is 0 Å². The van der Waals surface area contributed by atoms with E-state index in [4.69, 9.17) is 4.74 Å². The molecule has 1 unspecified atom stereocenters. The van der Waals surface area contributed by atoms with Gasteiger partial charge in [0.2, 0.25) is 5.91 Å². The molecule has 0 saturated heterocycles. The van der Waals surface area contributed by atoms with Gasteiger partial charge in [-0.3, -0.25) is 19.9 Å². The molecule has 0 fully saturated rings. The van der Waals surface area contributed by atoms with Crippen LogP contribution in [0.5, 0.6) is 5.75 Å². The quantitative estimate of drug-likeness (QED) is 0.489. The molecule has 0 bridgehead atoms. The molecule has 0 radical (unpaired) electrons. The number of thioether (sulfide) groups is 1. The van der Waals surface area contributed by atoms with Crippen LogP contribution in [-0.4, -0.2) is 28.2 Å². The zero-order chi connectivity index (χ0) is 17.7. The number of rotatable bonds is 6. The van der Waals surface area contributed by atoms with Crippen molar-refractivity contribution in [1.82, 2.24) is 4.98 Å². The van der Waals surface area contributed by atoms with E-state index >= 15 is 0 Å². The number of nitro groups is 1. The van der Waals surface area contributed by atoms with Gasteiger partial charge in [-0.25, -0.2) is 0 Å². The van der Waals surface area contributed by atoms with Crippen molar-refractivity contribution >= 4 is 29.0 Å². The summed E-state index contributed by atoms with van der Waals surface area (Å²) in [4.78, 5) is 27.1. The lowest BCUT2D eigenvalue weighted by molar-refractivity contribution is -0.388. The van der Waals surface area contributed by atoms with Crippen LogP contribution in [0.15, 0.2) is 41.6 Å². The van der Waals surface area contributed by atoms with E-state index in [1.807, 2.05) is 19.1 Å². The van der Waals surface area contributed by atoms with Gasteiger partial charge in [-0.15, -0.1) is 11.8 Å². The molecule has 2 rings (SSSR count). The summed E-state index contributed by atoms with van der Waals surface area (Å²) >= 11 is 1.11. The number of methoxy groups -OCH3 is 1. The third-order valence-corrected chi connectivity index (χ3v) is 4.41. The Morgan fingerprint density at radius 1 is 1.42 bits per heavy atom. The number of anilines is 1. The van der Waals surface area contributed by atoms with Gasteiger partial charge in [0.05, 0.1) is 27.9 Å². The molecule has 0 saturated carbocycles. The van der Waals surface area contributed by atoms with Crippen LogP contribution >= 0.6 is 11.8 Å². The molecule has 0 aliphatic heterocycles. The van der Waals surface area contributed by atoms with E-state index in [0.717, 1.165) is 17.3 Å². The Morgan fingerprint density at radius 2 is 2.17 bits per heavy atom. The van der Waals surface area contributed by atoms with Crippen LogP contribution < -0.4 is 10.1 Å². The lowest BCUT2D eigenvalue weighted by Gasteiger charge is -2.14. The molecular formula is C16H17N3O4S. The summed E-state index contributed by atoms with van der Waals surface area (Å²) in [6, 6.07) is 6.99. The number of hydrogen-bond acceptors (Lipinski definition) is 6. The number of nitrogens with zero attached hydrogens (tertiary/aromatic N) is 2. The predicted octanol–water partition coefficient (Wildman–Crippen LogP) is 3.43. The molecule has 1 heterocycles. The Bertz CT molecular complexity index is 767. The van der Waals surface area contributed by atoms with Gasteiger partial charge in [-0.1, -0.05) is 6.07 Å². The third-order valence-electron chi connectivity index (χ3n) is 3.24. The van der Waals surface area contributed by atoms with Crippen LogP contribution in [0.4, 0.5) is 11.4 Å². The molecule has 126 valence electrons. The molecule has 2 aromatic rings. The smallest absolute Gasteiger partial charge is 0.301 e. The van der Waals surface area contributed by atoms with Crippen LogP contribution in [0.2, 0.25) is 0 Å². The summed E-state index contributed by atoms with van der Waals surface area (Å²) < 4.78 is 5.23. The second kappa shape index (κ2) is 7.78. The van der Waals surface area contributed by atoms with Crippen LogP contribution in [0.1, 0.15) is 12.5 Å². The van der Waals surface area contributed by atoms with Crippen molar-refractivity contribution in [3.63, 3.8) is 0 Å². The van der Waals surface area contributed by atoms with E-state index in [0.29, 0.717) is 16.3 Å². The molecule has 0 aliphatic carbocycles. The Morgan fingerprint density at radius 3 is 2.83 bits per heavy atom. The highest BCUT2D eigenvalue weighted by Gasteiger charge is 2.21. The summed E-state index contributed by atoms with van der Waals surface area (Å²) in [6.07, 6.45) is 2.64. The fraction of sp³-hybridized carbons (Fsp3) is 0.250. The molecule has 1 atom stereocenters. The number of carbonyl (C=O) groups excluding carboxylic acids is 1. The molecule has 24 heavy (non-hydrogen) atoms. The number of carbonyl (C=O) groups is 1. The van der Waals surface area contributed by atoms with Crippen molar-refractivity contribution in [2.75, 3.05) is 12.4 Å². The Labute approximate surface area is 143 Å². The minimum atomic E-state index is -0.531. The molecular weight excluding hydrogens is 330 g/mol. The van der Waals surface area contributed by atoms with Crippen molar-refractivity contribution in [2.45, 2.75) is 24.0 Å². The third kappa shape index (κ3) is 4.23. The van der Waals surface area contributed by atoms with Gasteiger partial charge in [0, 0.05) is 6.20 Å². The maximum Gasteiger partial charge on any atom is 0.301 e. The summed E-state index contributed by atoms with van der Waals surface area (Å²) in [5.41, 5.74) is 1.44. The van der Waals surface area contributed by atoms with E-state index in [1.165, 1.54) is 25.6 Å². The van der Waals surface area contributed by atoms with Crippen molar-refractivity contribution in [1.29, 1.82) is 0 Å². The Hall–Kier alpha value is -2.61. The summed E-state index contributed by atoms with van der Waals surface area (Å²) in [5.74, 6) is 0.288. The number of aromatic nitrogens is 1.